The molecule has 3 rings (SSSR count). The van der Waals surface area contributed by atoms with Crippen LogP contribution in [0.5, 0.6) is 0 Å². The van der Waals surface area contributed by atoms with E-state index in [9.17, 15) is 9.59 Å². The molecule has 32 heavy (non-hydrogen) atoms. The Morgan fingerprint density at radius 2 is 1.81 bits per heavy atom. The summed E-state index contributed by atoms with van der Waals surface area (Å²) >= 11 is 6.23. The van der Waals surface area contributed by atoms with Crippen molar-refractivity contribution >= 4 is 35.1 Å². The second kappa shape index (κ2) is 11.6. The summed E-state index contributed by atoms with van der Waals surface area (Å²) in [5, 5.41) is 6.57. The number of ether oxygens (including phenoxy) is 2. The number of hydrogen-bond acceptors (Lipinski definition) is 6. The monoisotopic (exact) mass is 458 g/mol. The maximum atomic E-state index is 12.8. The Hall–Kier alpha value is -2.94. The van der Waals surface area contributed by atoms with Crippen LogP contribution in [0.2, 0.25) is 5.02 Å². The second-order valence-electron chi connectivity index (χ2n) is 7.30. The van der Waals surface area contributed by atoms with E-state index in [4.69, 9.17) is 16.3 Å². The number of carbonyl (C=O) groups excluding carboxylic acids is 2. The van der Waals surface area contributed by atoms with Crippen molar-refractivity contribution in [2.75, 3.05) is 51.8 Å². The summed E-state index contributed by atoms with van der Waals surface area (Å²) in [6, 6.07) is 11.8. The molecular formula is C23H27ClN4O4. The minimum absolute atomic E-state index is 0.320. The van der Waals surface area contributed by atoms with E-state index in [0.717, 1.165) is 38.4 Å². The SMILES string of the molecule is COC(=O)c1ccc(C(=O)NC(=NCCN2CCOCC2)Nc2ccc(C)c(Cl)c2)cc1. The third kappa shape index (κ3) is 6.78. The first-order valence-corrected chi connectivity index (χ1v) is 10.7. The van der Waals surface area contributed by atoms with Gasteiger partial charge < -0.3 is 14.8 Å². The van der Waals surface area contributed by atoms with Crippen molar-refractivity contribution in [3.8, 4) is 0 Å². The summed E-state index contributed by atoms with van der Waals surface area (Å²) in [5.74, 6) is -0.488. The van der Waals surface area contributed by atoms with Crippen molar-refractivity contribution in [2.24, 2.45) is 4.99 Å². The molecule has 0 spiro atoms. The maximum absolute atomic E-state index is 12.8. The molecule has 0 bridgehead atoms. The highest BCUT2D eigenvalue weighted by Gasteiger charge is 2.13. The Morgan fingerprint density at radius 3 is 2.47 bits per heavy atom. The highest BCUT2D eigenvalue weighted by molar-refractivity contribution is 6.31. The van der Waals surface area contributed by atoms with E-state index in [1.165, 1.54) is 7.11 Å². The van der Waals surface area contributed by atoms with Crippen LogP contribution >= 0.6 is 11.6 Å². The molecule has 1 saturated heterocycles. The fourth-order valence-corrected chi connectivity index (χ4v) is 3.28. The maximum Gasteiger partial charge on any atom is 0.337 e. The summed E-state index contributed by atoms with van der Waals surface area (Å²) in [7, 11) is 1.31. The largest absolute Gasteiger partial charge is 0.465 e. The number of morpholine rings is 1. The van der Waals surface area contributed by atoms with Crippen LogP contribution in [0.1, 0.15) is 26.3 Å². The number of esters is 1. The fourth-order valence-electron chi connectivity index (χ4n) is 3.10. The van der Waals surface area contributed by atoms with Crippen LogP contribution in [-0.2, 0) is 9.47 Å². The molecule has 1 aliphatic rings. The molecule has 0 saturated carbocycles. The van der Waals surface area contributed by atoms with Crippen molar-refractivity contribution in [1.29, 1.82) is 0 Å². The van der Waals surface area contributed by atoms with E-state index in [-0.39, 0.29) is 5.91 Å². The number of hydrogen-bond donors (Lipinski definition) is 2. The zero-order valence-electron chi connectivity index (χ0n) is 18.2. The van der Waals surface area contributed by atoms with E-state index < -0.39 is 5.97 Å². The van der Waals surface area contributed by atoms with Gasteiger partial charge in [0.15, 0.2) is 0 Å². The van der Waals surface area contributed by atoms with Gasteiger partial charge in [0.05, 0.1) is 32.4 Å². The normalized spacial score (nSPS) is 14.7. The van der Waals surface area contributed by atoms with Crippen molar-refractivity contribution in [3.63, 3.8) is 0 Å². The van der Waals surface area contributed by atoms with E-state index in [1.807, 2.05) is 19.1 Å². The molecule has 2 N–H and O–H groups in total. The molecule has 2 aromatic rings. The third-order valence-corrected chi connectivity index (χ3v) is 5.43. The Balaban J connectivity index is 1.71. The van der Waals surface area contributed by atoms with E-state index in [1.54, 1.807) is 30.3 Å². The van der Waals surface area contributed by atoms with E-state index in [0.29, 0.717) is 34.3 Å². The fraction of sp³-hybridized carbons (Fsp3) is 0.348. The van der Waals surface area contributed by atoms with Gasteiger partial charge in [-0.25, -0.2) is 4.79 Å². The van der Waals surface area contributed by atoms with Gasteiger partial charge in [0.25, 0.3) is 5.91 Å². The lowest BCUT2D eigenvalue weighted by atomic mass is 10.1. The number of carbonyl (C=O) groups is 2. The molecule has 9 heteroatoms. The standard InChI is InChI=1S/C23H27ClN4O4/c1-16-3-8-19(15-20(16)24)26-23(25-9-10-28-11-13-32-14-12-28)27-21(29)17-4-6-18(7-5-17)22(30)31-2/h3-8,15H,9-14H2,1-2H3,(H2,25,26,27,29). The summed E-state index contributed by atoms with van der Waals surface area (Å²) < 4.78 is 10.1. The van der Waals surface area contributed by atoms with Crippen LogP contribution in [0.25, 0.3) is 0 Å². The Labute approximate surface area is 192 Å². The van der Waals surface area contributed by atoms with Crippen LogP contribution in [0, 0.1) is 6.92 Å². The van der Waals surface area contributed by atoms with Gasteiger partial charge in [-0.3, -0.25) is 20.0 Å². The Bertz CT molecular complexity index is 972. The topological polar surface area (TPSA) is 92.3 Å². The molecule has 0 unspecified atom stereocenters. The highest BCUT2D eigenvalue weighted by Crippen LogP contribution is 2.20. The van der Waals surface area contributed by atoms with Gasteiger partial charge in [0.1, 0.15) is 0 Å². The molecule has 8 nitrogen and oxygen atoms in total. The van der Waals surface area contributed by atoms with Gasteiger partial charge in [0.2, 0.25) is 5.96 Å². The van der Waals surface area contributed by atoms with Crippen molar-refractivity contribution in [2.45, 2.75) is 6.92 Å². The molecule has 0 radical (unpaired) electrons. The van der Waals surface area contributed by atoms with Crippen LogP contribution in [0.15, 0.2) is 47.5 Å². The highest BCUT2D eigenvalue weighted by atomic mass is 35.5. The van der Waals surface area contributed by atoms with Crippen molar-refractivity contribution < 1.29 is 19.1 Å². The third-order valence-electron chi connectivity index (χ3n) is 5.02. The number of aryl methyl sites for hydroxylation is 1. The molecule has 170 valence electrons. The lowest BCUT2D eigenvalue weighted by molar-refractivity contribution is 0.0394. The van der Waals surface area contributed by atoms with Gasteiger partial charge >= 0.3 is 5.97 Å². The van der Waals surface area contributed by atoms with Gasteiger partial charge in [-0.05, 0) is 48.9 Å². The number of rotatable bonds is 6. The number of aliphatic imine (C=N–C) groups is 1. The van der Waals surface area contributed by atoms with Crippen molar-refractivity contribution in [1.82, 2.24) is 10.2 Å². The zero-order valence-corrected chi connectivity index (χ0v) is 18.9. The van der Waals surface area contributed by atoms with E-state index in [2.05, 4.69) is 25.3 Å². The molecule has 2 aromatic carbocycles. The number of anilines is 1. The minimum atomic E-state index is -0.458. The summed E-state index contributed by atoms with van der Waals surface area (Å²) in [4.78, 5) is 31.2. The molecule has 0 aromatic heterocycles. The molecule has 1 fully saturated rings. The number of benzene rings is 2. The quantitative estimate of drug-likeness (QED) is 0.393. The predicted octanol–water partition coefficient (Wildman–Crippen LogP) is 2.97. The molecular weight excluding hydrogens is 432 g/mol. The molecule has 1 heterocycles. The van der Waals surface area contributed by atoms with E-state index >= 15 is 0 Å². The van der Waals surface area contributed by atoms with Gasteiger partial charge in [-0.2, -0.15) is 0 Å². The number of nitrogens with zero attached hydrogens (tertiary/aromatic N) is 2. The minimum Gasteiger partial charge on any atom is -0.465 e. The lowest BCUT2D eigenvalue weighted by Crippen LogP contribution is -2.39. The zero-order chi connectivity index (χ0) is 22.9. The number of amides is 1. The number of halogens is 1. The molecule has 0 atom stereocenters. The lowest BCUT2D eigenvalue weighted by Gasteiger charge is -2.25. The summed E-state index contributed by atoms with van der Waals surface area (Å²) in [6.07, 6.45) is 0. The van der Waals surface area contributed by atoms with Gasteiger partial charge in [-0.1, -0.05) is 17.7 Å². The van der Waals surface area contributed by atoms with Gasteiger partial charge in [-0.15, -0.1) is 0 Å². The predicted molar refractivity (Wildman–Crippen MR) is 125 cm³/mol. The smallest absolute Gasteiger partial charge is 0.337 e. The number of guanidine groups is 1. The van der Waals surface area contributed by atoms with Crippen LogP contribution in [0.4, 0.5) is 5.69 Å². The molecule has 0 aliphatic carbocycles. The number of methoxy groups -OCH3 is 1. The van der Waals surface area contributed by atoms with Gasteiger partial charge in [0, 0.05) is 35.9 Å². The van der Waals surface area contributed by atoms with Crippen LogP contribution in [0.3, 0.4) is 0 Å². The first-order chi connectivity index (χ1) is 15.5. The first-order valence-electron chi connectivity index (χ1n) is 10.3. The summed E-state index contributed by atoms with van der Waals surface area (Å²) in [5.41, 5.74) is 2.43. The van der Waals surface area contributed by atoms with Crippen LogP contribution in [-0.4, -0.2) is 69.2 Å². The number of nitrogens with one attached hydrogen (secondary N) is 2. The molecule has 1 aliphatic heterocycles. The van der Waals surface area contributed by atoms with Crippen LogP contribution < -0.4 is 10.6 Å². The average Bonchev–Trinajstić information content (AvgIpc) is 2.81. The van der Waals surface area contributed by atoms with Crippen molar-refractivity contribution in [3.05, 3.63) is 64.2 Å². The average molecular weight is 459 g/mol. The summed E-state index contributed by atoms with van der Waals surface area (Å²) in [6.45, 7) is 6.35. The first kappa shape index (κ1) is 23.7. The second-order valence-corrected chi connectivity index (χ2v) is 7.70. The molecule has 1 amide bonds. The Kier molecular flexibility index (Phi) is 8.61. The Morgan fingerprint density at radius 1 is 1.12 bits per heavy atom.